The van der Waals surface area contributed by atoms with Crippen molar-refractivity contribution in [2.45, 2.75) is 24.9 Å². The number of amides is 2. The van der Waals surface area contributed by atoms with Crippen LogP contribution < -0.4 is 10.6 Å². The van der Waals surface area contributed by atoms with E-state index in [2.05, 4.69) is 15.6 Å². The average molecular weight is 486 g/mol. The minimum atomic E-state index is -0.998. The molecular formula is C28H27N3O5. The monoisotopic (exact) mass is 485 g/mol. The molecule has 0 aliphatic rings. The molecule has 4 aromatic rings. The van der Waals surface area contributed by atoms with Crippen molar-refractivity contribution in [3.05, 3.63) is 102 Å². The van der Waals surface area contributed by atoms with Crippen LogP contribution in [0.2, 0.25) is 0 Å². The van der Waals surface area contributed by atoms with Crippen molar-refractivity contribution < 1.29 is 24.2 Å². The molecular weight excluding hydrogens is 458 g/mol. The predicted molar refractivity (Wildman–Crippen MR) is 135 cm³/mol. The van der Waals surface area contributed by atoms with E-state index in [1.54, 1.807) is 54.7 Å². The number of carbonyl (C=O) groups excluding carboxylic acids is 3. The molecule has 36 heavy (non-hydrogen) atoms. The molecule has 1 heterocycles. The van der Waals surface area contributed by atoms with Gasteiger partial charge in [0.15, 0.2) is 0 Å². The lowest BCUT2D eigenvalue weighted by Gasteiger charge is -2.22. The fourth-order valence-electron chi connectivity index (χ4n) is 4.05. The first-order chi connectivity index (χ1) is 17.4. The van der Waals surface area contributed by atoms with E-state index in [0.717, 1.165) is 22.0 Å². The zero-order chi connectivity index (χ0) is 25.5. The molecule has 3 aromatic carbocycles. The summed E-state index contributed by atoms with van der Waals surface area (Å²) in [5, 5.41) is 16.2. The van der Waals surface area contributed by atoms with E-state index in [9.17, 15) is 19.5 Å². The molecule has 0 aliphatic carbocycles. The van der Waals surface area contributed by atoms with Crippen molar-refractivity contribution in [2.75, 3.05) is 7.11 Å². The Labute approximate surface area is 208 Å². The first-order valence-corrected chi connectivity index (χ1v) is 11.5. The van der Waals surface area contributed by atoms with Gasteiger partial charge in [0.05, 0.1) is 7.11 Å². The van der Waals surface area contributed by atoms with Crippen LogP contribution in [-0.4, -0.2) is 47.1 Å². The molecule has 0 spiro atoms. The number of aromatic nitrogens is 1. The number of esters is 1. The van der Waals surface area contributed by atoms with Crippen molar-refractivity contribution in [3.8, 4) is 5.75 Å². The summed E-state index contributed by atoms with van der Waals surface area (Å²) < 4.78 is 4.92. The molecule has 4 rings (SSSR count). The van der Waals surface area contributed by atoms with Crippen LogP contribution >= 0.6 is 0 Å². The summed E-state index contributed by atoms with van der Waals surface area (Å²) >= 11 is 0. The van der Waals surface area contributed by atoms with Gasteiger partial charge in [0.2, 0.25) is 5.91 Å². The van der Waals surface area contributed by atoms with Gasteiger partial charge in [0.25, 0.3) is 5.91 Å². The highest BCUT2D eigenvalue weighted by molar-refractivity contribution is 5.98. The number of nitrogens with one attached hydrogen (secondary N) is 3. The minimum absolute atomic E-state index is 0.0892. The van der Waals surface area contributed by atoms with Gasteiger partial charge in [0, 0.05) is 35.5 Å². The normalized spacial score (nSPS) is 12.5. The van der Waals surface area contributed by atoms with Crippen LogP contribution in [-0.2, 0) is 27.2 Å². The Balaban J connectivity index is 1.60. The second-order valence-electron chi connectivity index (χ2n) is 8.41. The summed E-state index contributed by atoms with van der Waals surface area (Å²) in [6, 6.07) is 20.8. The van der Waals surface area contributed by atoms with Crippen molar-refractivity contribution in [1.29, 1.82) is 0 Å². The molecule has 0 unspecified atom stereocenters. The molecule has 0 aliphatic heterocycles. The highest BCUT2D eigenvalue weighted by Gasteiger charge is 2.28. The third-order valence-corrected chi connectivity index (χ3v) is 5.92. The summed E-state index contributed by atoms with van der Waals surface area (Å²) in [6.07, 6.45) is 2.10. The van der Waals surface area contributed by atoms with E-state index in [1.807, 2.05) is 30.3 Å². The fraction of sp³-hybridized carbons (Fsp3) is 0.179. The van der Waals surface area contributed by atoms with Crippen LogP contribution in [0.1, 0.15) is 21.5 Å². The van der Waals surface area contributed by atoms with Gasteiger partial charge in [0.1, 0.15) is 17.8 Å². The summed E-state index contributed by atoms with van der Waals surface area (Å²) in [7, 11) is 1.26. The lowest BCUT2D eigenvalue weighted by atomic mass is 10.0. The van der Waals surface area contributed by atoms with Crippen molar-refractivity contribution in [2.24, 2.45) is 0 Å². The van der Waals surface area contributed by atoms with E-state index in [-0.39, 0.29) is 18.6 Å². The summed E-state index contributed by atoms with van der Waals surface area (Å²) in [5.74, 6) is -1.44. The number of phenols is 1. The fourth-order valence-corrected chi connectivity index (χ4v) is 4.05. The Bertz CT molecular complexity index is 1350. The molecule has 2 atom stereocenters. The smallest absolute Gasteiger partial charge is 0.328 e. The molecule has 0 radical (unpaired) electrons. The van der Waals surface area contributed by atoms with Crippen LogP contribution in [0.5, 0.6) is 5.75 Å². The minimum Gasteiger partial charge on any atom is -0.508 e. The van der Waals surface area contributed by atoms with Crippen LogP contribution in [0.3, 0.4) is 0 Å². The van der Waals surface area contributed by atoms with Gasteiger partial charge in [-0.15, -0.1) is 0 Å². The Morgan fingerprint density at radius 1 is 0.889 bits per heavy atom. The van der Waals surface area contributed by atoms with Crippen molar-refractivity contribution in [3.63, 3.8) is 0 Å². The van der Waals surface area contributed by atoms with Gasteiger partial charge in [-0.3, -0.25) is 9.59 Å². The maximum absolute atomic E-state index is 13.5. The van der Waals surface area contributed by atoms with Gasteiger partial charge in [-0.1, -0.05) is 48.5 Å². The lowest BCUT2D eigenvalue weighted by Crippen LogP contribution is -2.53. The van der Waals surface area contributed by atoms with Gasteiger partial charge in [-0.25, -0.2) is 4.79 Å². The molecule has 0 saturated heterocycles. The zero-order valence-corrected chi connectivity index (χ0v) is 19.7. The molecule has 4 N–H and O–H groups in total. The number of ether oxygens (including phenoxy) is 1. The zero-order valence-electron chi connectivity index (χ0n) is 19.7. The van der Waals surface area contributed by atoms with Gasteiger partial charge >= 0.3 is 5.97 Å². The number of hydrogen-bond acceptors (Lipinski definition) is 5. The number of rotatable bonds is 9. The first kappa shape index (κ1) is 24.5. The standard InChI is InChI=1S/C28H27N3O5/c1-36-28(35)25(14-18-8-4-2-5-9-18)31-27(34)24(30-26(33)19-10-6-3-7-11-19)15-20-17-29-23-13-12-21(32)16-22(20)23/h2-13,16-17,24-25,29,32H,14-15H2,1H3,(H,30,33)(H,31,34)/t24-,25+/m0/s1. The van der Waals surface area contributed by atoms with Crippen LogP contribution in [0.15, 0.2) is 85.1 Å². The SMILES string of the molecule is COC(=O)[C@@H](Cc1ccccc1)NC(=O)[C@H](Cc1c[nH]c2ccc(O)cc12)NC(=O)c1ccccc1. The number of phenolic OH excluding ortho intramolecular Hbond substituents is 1. The van der Waals surface area contributed by atoms with Gasteiger partial charge < -0.3 is 25.5 Å². The van der Waals surface area contributed by atoms with E-state index < -0.39 is 29.9 Å². The average Bonchev–Trinajstić information content (AvgIpc) is 3.30. The van der Waals surface area contributed by atoms with E-state index in [0.29, 0.717) is 5.56 Å². The third kappa shape index (κ3) is 5.90. The van der Waals surface area contributed by atoms with Crippen LogP contribution in [0.25, 0.3) is 10.9 Å². The molecule has 2 amide bonds. The number of benzene rings is 3. The molecule has 0 bridgehead atoms. The first-order valence-electron chi connectivity index (χ1n) is 11.5. The van der Waals surface area contributed by atoms with E-state index in [1.165, 1.54) is 7.11 Å². The highest BCUT2D eigenvalue weighted by atomic mass is 16.5. The second kappa shape index (κ2) is 11.2. The summed E-state index contributed by atoms with van der Waals surface area (Å²) in [4.78, 5) is 42.0. The van der Waals surface area contributed by atoms with Crippen LogP contribution in [0.4, 0.5) is 0 Å². The van der Waals surface area contributed by atoms with Crippen LogP contribution in [0, 0.1) is 0 Å². The molecule has 184 valence electrons. The van der Waals surface area contributed by atoms with Crippen molar-refractivity contribution >= 4 is 28.7 Å². The number of hydrogen-bond donors (Lipinski definition) is 4. The second-order valence-corrected chi connectivity index (χ2v) is 8.41. The predicted octanol–water partition coefficient (Wildman–Crippen LogP) is 3.12. The molecule has 0 saturated carbocycles. The van der Waals surface area contributed by atoms with E-state index >= 15 is 0 Å². The number of methoxy groups -OCH3 is 1. The van der Waals surface area contributed by atoms with E-state index in [4.69, 9.17) is 4.74 Å². The summed E-state index contributed by atoms with van der Waals surface area (Å²) in [5.41, 5.74) is 2.77. The molecule has 8 heteroatoms. The molecule has 1 aromatic heterocycles. The number of carbonyl (C=O) groups is 3. The van der Waals surface area contributed by atoms with Gasteiger partial charge in [-0.05, 0) is 41.5 Å². The highest BCUT2D eigenvalue weighted by Crippen LogP contribution is 2.24. The molecule has 0 fully saturated rings. The number of aromatic hydroxyl groups is 1. The van der Waals surface area contributed by atoms with Gasteiger partial charge in [-0.2, -0.15) is 0 Å². The quantitative estimate of drug-likeness (QED) is 0.272. The topological polar surface area (TPSA) is 121 Å². The maximum atomic E-state index is 13.5. The third-order valence-electron chi connectivity index (χ3n) is 5.92. The maximum Gasteiger partial charge on any atom is 0.328 e. The Hall–Kier alpha value is -4.59. The Morgan fingerprint density at radius 3 is 2.28 bits per heavy atom. The Kier molecular flexibility index (Phi) is 7.65. The number of aromatic amines is 1. The lowest BCUT2D eigenvalue weighted by molar-refractivity contribution is -0.145. The largest absolute Gasteiger partial charge is 0.508 e. The molecule has 8 nitrogen and oxygen atoms in total. The summed E-state index contributed by atoms with van der Waals surface area (Å²) in [6.45, 7) is 0. The van der Waals surface area contributed by atoms with Crippen molar-refractivity contribution in [1.82, 2.24) is 15.6 Å². The number of fused-ring (bicyclic) bond motifs is 1. The number of H-pyrrole nitrogens is 1. The Morgan fingerprint density at radius 2 is 1.58 bits per heavy atom.